The Labute approximate surface area is 131 Å². The summed E-state index contributed by atoms with van der Waals surface area (Å²) in [5, 5.41) is 0. The number of hydrogen-bond acceptors (Lipinski definition) is 1. The van der Waals surface area contributed by atoms with Gasteiger partial charge < -0.3 is 0 Å². The van der Waals surface area contributed by atoms with Crippen LogP contribution in [0.15, 0.2) is 35.5 Å². The first-order valence-corrected chi connectivity index (χ1v) is 8.36. The highest BCUT2D eigenvalue weighted by molar-refractivity contribution is 5.80. The highest BCUT2D eigenvalue weighted by Gasteiger charge is 2.14. The number of ketones is 1. The Morgan fingerprint density at radius 3 is 2.57 bits per heavy atom. The largest absolute Gasteiger partial charge is 0.299 e. The van der Waals surface area contributed by atoms with Crippen LogP contribution in [0.2, 0.25) is 0 Å². The summed E-state index contributed by atoms with van der Waals surface area (Å²) < 4.78 is 0. The monoisotopic (exact) mass is 288 g/mol. The van der Waals surface area contributed by atoms with Crippen molar-refractivity contribution in [3.8, 4) is 0 Å². The lowest BCUT2D eigenvalue weighted by atomic mass is 9.86. The summed E-state index contributed by atoms with van der Waals surface area (Å²) >= 11 is 0. The molecule has 1 aliphatic carbocycles. The molecule has 1 nitrogen and oxygen atoms in total. The molecule has 21 heavy (non-hydrogen) atoms. The first-order chi connectivity index (χ1) is 9.88. The molecule has 1 unspecified atom stereocenters. The second-order valence-electron chi connectivity index (χ2n) is 7.02. The van der Waals surface area contributed by atoms with Crippen LogP contribution >= 0.6 is 0 Å². The molecule has 0 bridgehead atoms. The average Bonchev–Trinajstić information content (AvgIpc) is 2.36. The number of rotatable bonds is 1. The molecule has 1 heteroatoms. The quantitative estimate of drug-likeness (QED) is 0.539. The van der Waals surface area contributed by atoms with Gasteiger partial charge in [0.05, 0.1) is 0 Å². The molecule has 0 aliphatic heterocycles. The van der Waals surface area contributed by atoms with Crippen LogP contribution in [0.25, 0.3) is 0 Å². The van der Waals surface area contributed by atoms with Crippen LogP contribution in [-0.2, 0) is 4.79 Å². The van der Waals surface area contributed by atoms with E-state index in [1.807, 2.05) is 0 Å². The minimum absolute atomic E-state index is 0.396. The van der Waals surface area contributed by atoms with Gasteiger partial charge in [0.15, 0.2) is 0 Å². The van der Waals surface area contributed by atoms with E-state index < -0.39 is 0 Å². The summed E-state index contributed by atoms with van der Waals surface area (Å²) in [6.07, 6.45) is 11.5. The zero-order chi connectivity index (χ0) is 15.8. The summed E-state index contributed by atoms with van der Waals surface area (Å²) in [4.78, 5) is 12.1. The predicted molar refractivity (Wildman–Crippen MR) is 92.3 cm³/mol. The molecule has 2 atom stereocenters. The topological polar surface area (TPSA) is 17.1 Å². The van der Waals surface area contributed by atoms with E-state index in [0.717, 1.165) is 38.5 Å². The maximum Gasteiger partial charge on any atom is 0.137 e. The van der Waals surface area contributed by atoms with Crippen molar-refractivity contribution in [3.63, 3.8) is 0 Å². The fourth-order valence-electron chi connectivity index (χ4n) is 2.99. The van der Waals surface area contributed by atoms with E-state index in [1.54, 1.807) is 0 Å². The predicted octanol–water partition coefficient (Wildman–Crippen LogP) is 6.02. The van der Waals surface area contributed by atoms with Gasteiger partial charge in [0.1, 0.15) is 5.78 Å². The van der Waals surface area contributed by atoms with Crippen LogP contribution in [0.5, 0.6) is 0 Å². The molecule has 1 aliphatic rings. The van der Waals surface area contributed by atoms with Crippen LogP contribution in [-0.4, -0.2) is 5.78 Å². The molecule has 0 heterocycles. The van der Waals surface area contributed by atoms with Crippen molar-refractivity contribution in [1.29, 1.82) is 0 Å². The third kappa shape index (κ3) is 7.45. The highest BCUT2D eigenvalue weighted by Crippen LogP contribution is 2.26. The van der Waals surface area contributed by atoms with Crippen molar-refractivity contribution in [2.75, 3.05) is 0 Å². The molecular weight excluding hydrogens is 256 g/mol. The van der Waals surface area contributed by atoms with E-state index in [-0.39, 0.29) is 0 Å². The Balaban J connectivity index is 2.79. The van der Waals surface area contributed by atoms with Crippen molar-refractivity contribution in [2.24, 2.45) is 11.8 Å². The number of allylic oxidation sites excluding steroid dienone is 5. The Morgan fingerprint density at radius 1 is 1.19 bits per heavy atom. The molecule has 0 saturated carbocycles. The second kappa shape index (κ2) is 9.02. The maximum atomic E-state index is 12.1. The van der Waals surface area contributed by atoms with Crippen LogP contribution in [0, 0.1) is 11.8 Å². The summed E-state index contributed by atoms with van der Waals surface area (Å²) in [5.41, 5.74) is 3.97. The summed E-state index contributed by atoms with van der Waals surface area (Å²) in [5.74, 6) is 1.45. The third-order valence-electron chi connectivity index (χ3n) is 4.54. The Hall–Kier alpha value is -1.11. The smallest absolute Gasteiger partial charge is 0.137 e. The molecule has 0 fully saturated rings. The molecule has 0 aromatic rings. The fraction of sp³-hybridized carbons (Fsp3) is 0.650. The number of carbonyl (C=O) groups is 1. The van der Waals surface area contributed by atoms with Gasteiger partial charge in [0.25, 0.3) is 0 Å². The van der Waals surface area contributed by atoms with Crippen molar-refractivity contribution >= 4 is 5.78 Å². The van der Waals surface area contributed by atoms with Crippen molar-refractivity contribution in [2.45, 2.75) is 72.6 Å². The lowest BCUT2D eigenvalue weighted by Gasteiger charge is -2.19. The van der Waals surface area contributed by atoms with E-state index in [1.165, 1.54) is 16.7 Å². The zero-order valence-electron chi connectivity index (χ0n) is 14.4. The molecule has 0 spiro atoms. The zero-order valence-corrected chi connectivity index (χ0v) is 14.4. The Kier molecular flexibility index (Phi) is 7.71. The summed E-state index contributed by atoms with van der Waals surface area (Å²) in [6.45, 7) is 12.8. The van der Waals surface area contributed by atoms with Gasteiger partial charge in [-0.15, -0.1) is 0 Å². The standard InChI is InChI=1S/C20H32O/c1-15(2)19-11-9-16(3)7-6-8-17(4)13-20(21)14-18(5)10-12-19/h8-9,18-19H,1,6-7,10-14H2,2-5H3/b16-9+,17-8+/t18?,19-/m0/s1. The van der Waals surface area contributed by atoms with E-state index in [2.05, 4.69) is 46.4 Å². The van der Waals surface area contributed by atoms with Gasteiger partial charge in [0.2, 0.25) is 0 Å². The normalized spacial score (nSPS) is 31.5. The van der Waals surface area contributed by atoms with Gasteiger partial charge in [-0.3, -0.25) is 4.79 Å². The fourth-order valence-corrected chi connectivity index (χ4v) is 2.99. The molecule has 118 valence electrons. The first-order valence-electron chi connectivity index (χ1n) is 8.36. The molecule has 0 aromatic heterocycles. The minimum Gasteiger partial charge on any atom is -0.299 e. The molecule has 1 rings (SSSR count). The van der Waals surface area contributed by atoms with Crippen LogP contribution in [0.4, 0.5) is 0 Å². The van der Waals surface area contributed by atoms with Gasteiger partial charge in [-0.05, 0) is 64.7 Å². The van der Waals surface area contributed by atoms with Gasteiger partial charge in [-0.25, -0.2) is 0 Å². The lowest BCUT2D eigenvalue weighted by Crippen LogP contribution is -2.09. The van der Waals surface area contributed by atoms with E-state index >= 15 is 0 Å². The number of carbonyl (C=O) groups excluding carboxylic acids is 1. The van der Waals surface area contributed by atoms with Crippen LogP contribution < -0.4 is 0 Å². The lowest BCUT2D eigenvalue weighted by molar-refractivity contribution is -0.119. The van der Waals surface area contributed by atoms with Crippen molar-refractivity contribution < 1.29 is 4.79 Å². The van der Waals surface area contributed by atoms with Crippen molar-refractivity contribution in [3.05, 3.63) is 35.5 Å². The molecule has 0 N–H and O–H groups in total. The first kappa shape index (κ1) is 17.9. The second-order valence-corrected chi connectivity index (χ2v) is 7.02. The third-order valence-corrected chi connectivity index (χ3v) is 4.54. The highest BCUT2D eigenvalue weighted by atomic mass is 16.1. The Bertz CT molecular complexity index is 425. The van der Waals surface area contributed by atoms with Gasteiger partial charge in [-0.1, -0.05) is 42.4 Å². The van der Waals surface area contributed by atoms with Gasteiger partial charge >= 0.3 is 0 Å². The minimum atomic E-state index is 0.396. The molecular formula is C20H32O. The number of Topliss-reactive ketones (excluding diaryl/α,β-unsaturated/α-hetero) is 1. The van der Waals surface area contributed by atoms with Crippen molar-refractivity contribution in [1.82, 2.24) is 0 Å². The molecule has 0 amide bonds. The molecule has 0 saturated heterocycles. The number of hydrogen-bond donors (Lipinski definition) is 0. The van der Waals surface area contributed by atoms with Crippen LogP contribution in [0.3, 0.4) is 0 Å². The summed E-state index contributed by atoms with van der Waals surface area (Å²) in [6, 6.07) is 0. The molecule has 0 radical (unpaired) electrons. The maximum absolute atomic E-state index is 12.1. The van der Waals surface area contributed by atoms with Gasteiger partial charge in [-0.2, -0.15) is 0 Å². The molecule has 0 aromatic carbocycles. The van der Waals surface area contributed by atoms with Crippen LogP contribution in [0.1, 0.15) is 72.6 Å². The Morgan fingerprint density at radius 2 is 1.90 bits per heavy atom. The van der Waals surface area contributed by atoms with Gasteiger partial charge in [0, 0.05) is 12.8 Å². The average molecular weight is 288 g/mol. The van der Waals surface area contributed by atoms with E-state index in [4.69, 9.17) is 0 Å². The summed E-state index contributed by atoms with van der Waals surface area (Å²) in [7, 11) is 0. The van der Waals surface area contributed by atoms with E-state index in [9.17, 15) is 4.79 Å². The van der Waals surface area contributed by atoms with E-state index in [0.29, 0.717) is 24.0 Å². The SMILES string of the molecule is C=C(C)[C@H]1C/C=C(\C)CC/C=C(\C)CC(=O)CC(C)CC1.